The molecule has 4 aliphatic carbocycles. The summed E-state index contributed by atoms with van der Waals surface area (Å²) >= 11 is 0. The molecule has 0 radical (unpaired) electrons. The second kappa shape index (κ2) is 19.1. The van der Waals surface area contributed by atoms with Crippen molar-refractivity contribution in [2.24, 2.45) is 23.7 Å². The maximum absolute atomic E-state index is 13.6. The van der Waals surface area contributed by atoms with Crippen molar-refractivity contribution in [1.29, 1.82) is 0 Å². The van der Waals surface area contributed by atoms with Crippen molar-refractivity contribution >= 4 is 23.9 Å². The van der Waals surface area contributed by atoms with Crippen molar-refractivity contribution in [2.75, 3.05) is 0 Å². The molecule has 4 atom stereocenters. The maximum atomic E-state index is 13.6. The van der Waals surface area contributed by atoms with E-state index < -0.39 is 0 Å². The summed E-state index contributed by atoms with van der Waals surface area (Å²) < 4.78 is 23.4. The van der Waals surface area contributed by atoms with Crippen LogP contribution in [0.15, 0.2) is 133 Å². The average molecular weight is 875 g/mol. The molecule has 0 saturated carbocycles. The number of rotatable bonds is 12. The molecule has 0 aromatic heterocycles. The van der Waals surface area contributed by atoms with Gasteiger partial charge in [-0.05, 0) is 118 Å². The summed E-state index contributed by atoms with van der Waals surface area (Å²) in [6.07, 6.45) is 3.96. The summed E-state index contributed by atoms with van der Waals surface area (Å²) in [7, 11) is 0. The fourth-order valence-electron chi connectivity index (χ4n) is 10.3. The summed E-state index contributed by atoms with van der Waals surface area (Å²) in [6.45, 7) is 0.811. The predicted molar refractivity (Wildman–Crippen MR) is 247 cm³/mol. The largest absolute Gasteiger partial charge is 0.461 e. The van der Waals surface area contributed by atoms with E-state index in [1.807, 2.05) is 121 Å². The first-order chi connectivity index (χ1) is 32.3. The van der Waals surface area contributed by atoms with Gasteiger partial charge < -0.3 is 18.9 Å². The van der Waals surface area contributed by atoms with Crippen molar-refractivity contribution in [3.8, 4) is 11.8 Å². The highest BCUT2D eigenvalue weighted by Crippen LogP contribution is 2.42. The van der Waals surface area contributed by atoms with Gasteiger partial charge in [-0.2, -0.15) is 0 Å². The summed E-state index contributed by atoms with van der Waals surface area (Å²) in [6, 6.07) is 43.1. The predicted octanol–water partition coefficient (Wildman–Crippen LogP) is 8.92. The Morgan fingerprint density at radius 3 is 0.803 bits per heavy atom. The van der Waals surface area contributed by atoms with Crippen LogP contribution in [0.3, 0.4) is 0 Å². The molecular formula is C58H50O8. The molecule has 4 aliphatic rings. The SMILES string of the molecule is O=C(OCc1ccccc1)[C@@H]1Cc2cc3c(c(C#Cc4c5c(cc6c4C[C@H](C(=O)OCc4ccccc4)C6)C[C@@H](C(=O)OCc4ccccc4)C5)c2C1)C[C@H](C(=O)OCc1ccccc1)C3. The minimum absolute atomic E-state index is 0.203. The fraction of sp³-hybridized carbons (Fsp3) is 0.276. The van der Waals surface area contributed by atoms with Crippen LogP contribution >= 0.6 is 0 Å². The molecule has 6 aromatic carbocycles. The molecule has 0 heterocycles. The number of carbonyl (C=O) groups excluding carboxylic acids is 4. The Morgan fingerprint density at radius 1 is 0.348 bits per heavy atom. The van der Waals surface area contributed by atoms with Gasteiger partial charge in [0.05, 0.1) is 23.7 Å². The van der Waals surface area contributed by atoms with E-state index in [1.54, 1.807) is 0 Å². The Balaban J connectivity index is 0.969. The molecule has 8 nitrogen and oxygen atoms in total. The van der Waals surface area contributed by atoms with E-state index in [4.69, 9.17) is 18.9 Å². The molecule has 0 N–H and O–H groups in total. The normalized spacial score (nSPS) is 18.5. The van der Waals surface area contributed by atoms with Crippen LogP contribution in [0.2, 0.25) is 0 Å². The van der Waals surface area contributed by atoms with Crippen LogP contribution in [0.5, 0.6) is 0 Å². The van der Waals surface area contributed by atoms with Crippen LogP contribution < -0.4 is 0 Å². The zero-order valence-electron chi connectivity index (χ0n) is 36.8. The Hall–Kier alpha value is -7.24. The molecule has 0 saturated heterocycles. The first kappa shape index (κ1) is 42.7. The smallest absolute Gasteiger partial charge is 0.309 e. The van der Waals surface area contributed by atoms with E-state index in [-0.39, 0.29) is 74.0 Å². The number of hydrogen-bond donors (Lipinski definition) is 0. The Labute approximate surface area is 385 Å². The fourth-order valence-corrected chi connectivity index (χ4v) is 10.3. The minimum Gasteiger partial charge on any atom is -0.461 e. The maximum Gasteiger partial charge on any atom is 0.309 e. The molecule has 8 heteroatoms. The van der Waals surface area contributed by atoms with Crippen LogP contribution in [-0.4, -0.2) is 23.9 Å². The molecular weight excluding hydrogens is 825 g/mol. The molecule has 6 aromatic rings. The van der Waals surface area contributed by atoms with Crippen LogP contribution in [0, 0.1) is 35.5 Å². The van der Waals surface area contributed by atoms with Gasteiger partial charge >= 0.3 is 23.9 Å². The molecule has 0 amide bonds. The zero-order valence-corrected chi connectivity index (χ0v) is 36.8. The average Bonchev–Trinajstić information content (AvgIpc) is 4.18. The number of esters is 4. The summed E-state index contributed by atoms with van der Waals surface area (Å²) in [4.78, 5) is 54.6. The lowest BCUT2D eigenvalue weighted by Crippen LogP contribution is -2.18. The van der Waals surface area contributed by atoms with Crippen LogP contribution in [-0.2, 0) is 116 Å². The molecule has 66 heavy (non-hydrogen) atoms. The highest BCUT2D eigenvalue weighted by atomic mass is 16.5. The van der Waals surface area contributed by atoms with Gasteiger partial charge in [-0.25, -0.2) is 0 Å². The number of fused-ring (bicyclic) bond motifs is 4. The van der Waals surface area contributed by atoms with Gasteiger partial charge in [0.25, 0.3) is 0 Å². The minimum atomic E-state index is -0.367. The molecule has 0 bridgehead atoms. The van der Waals surface area contributed by atoms with Crippen molar-refractivity contribution in [1.82, 2.24) is 0 Å². The first-order valence-corrected chi connectivity index (χ1v) is 23.0. The second-order valence-corrected chi connectivity index (χ2v) is 18.1. The van der Waals surface area contributed by atoms with E-state index in [1.165, 1.54) is 0 Å². The molecule has 0 unspecified atom stereocenters. The van der Waals surface area contributed by atoms with Crippen molar-refractivity contribution in [3.05, 3.63) is 211 Å². The monoisotopic (exact) mass is 874 g/mol. The lowest BCUT2D eigenvalue weighted by atomic mass is 9.91. The van der Waals surface area contributed by atoms with Crippen molar-refractivity contribution < 1.29 is 38.1 Å². The third-order valence-electron chi connectivity index (χ3n) is 13.7. The molecule has 330 valence electrons. The van der Waals surface area contributed by atoms with Gasteiger partial charge in [0.1, 0.15) is 26.4 Å². The second-order valence-electron chi connectivity index (χ2n) is 18.1. The summed E-state index contributed by atoms with van der Waals surface area (Å²) in [5.41, 5.74) is 13.6. The molecule has 0 spiro atoms. The highest BCUT2D eigenvalue weighted by Gasteiger charge is 2.39. The van der Waals surface area contributed by atoms with Gasteiger partial charge in [0, 0.05) is 11.1 Å². The van der Waals surface area contributed by atoms with E-state index in [0.29, 0.717) is 51.4 Å². The van der Waals surface area contributed by atoms with Gasteiger partial charge in [-0.15, -0.1) is 0 Å². The van der Waals surface area contributed by atoms with E-state index in [2.05, 4.69) is 24.0 Å². The summed E-state index contributed by atoms with van der Waals surface area (Å²) in [5, 5.41) is 0. The van der Waals surface area contributed by atoms with Gasteiger partial charge in [-0.3, -0.25) is 19.2 Å². The number of hydrogen-bond acceptors (Lipinski definition) is 8. The number of benzene rings is 6. The standard InChI is InChI=1S/C58H50O8/c59-55(63-33-37-13-5-1-6-14-37)45-25-41-23-42-26-46(56(60)64-34-38-15-7-2-8-16-38)30-52(42)49(51(41)29-45)21-22-50-53-31-47(57(61)65-35-39-17-9-3-10-18-39)27-43(53)24-44-28-48(32-54(44)50)58(62)66-36-40-19-11-4-12-20-40/h1-20,23-24,45-48H,25-36H2/t45-,46-,47-,48-/m1/s1. The lowest BCUT2D eigenvalue weighted by molar-refractivity contribution is -0.150. The highest BCUT2D eigenvalue weighted by molar-refractivity contribution is 5.80. The first-order valence-electron chi connectivity index (χ1n) is 23.0. The van der Waals surface area contributed by atoms with Crippen molar-refractivity contribution in [2.45, 2.75) is 77.8 Å². The zero-order chi connectivity index (χ0) is 45.0. The third-order valence-corrected chi connectivity index (χ3v) is 13.7. The Kier molecular flexibility index (Phi) is 12.3. The lowest BCUT2D eigenvalue weighted by Gasteiger charge is -2.12. The van der Waals surface area contributed by atoms with Crippen LogP contribution in [0.25, 0.3) is 0 Å². The van der Waals surface area contributed by atoms with E-state index >= 15 is 0 Å². The molecule has 0 aliphatic heterocycles. The van der Waals surface area contributed by atoms with Gasteiger partial charge in [0.2, 0.25) is 0 Å². The summed E-state index contributed by atoms with van der Waals surface area (Å²) in [5.74, 6) is 4.86. The third kappa shape index (κ3) is 9.30. The van der Waals surface area contributed by atoms with E-state index in [0.717, 1.165) is 77.9 Å². The van der Waals surface area contributed by atoms with E-state index in [9.17, 15) is 19.2 Å². The van der Waals surface area contributed by atoms with Crippen LogP contribution in [0.1, 0.15) is 77.9 Å². The van der Waals surface area contributed by atoms with Gasteiger partial charge in [0.15, 0.2) is 0 Å². The van der Waals surface area contributed by atoms with Crippen LogP contribution in [0.4, 0.5) is 0 Å². The van der Waals surface area contributed by atoms with Crippen molar-refractivity contribution in [3.63, 3.8) is 0 Å². The van der Waals surface area contributed by atoms with Gasteiger partial charge in [-0.1, -0.05) is 145 Å². The quantitative estimate of drug-likeness (QED) is 0.0683. The Morgan fingerprint density at radius 2 is 0.576 bits per heavy atom. The Bertz CT molecular complexity index is 2490. The molecule has 10 rings (SSSR count). The number of carbonyl (C=O) groups is 4. The number of ether oxygens (including phenoxy) is 4. The molecule has 0 fully saturated rings. The topological polar surface area (TPSA) is 105 Å².